The summed E-state index contributed by atoms with van der Waals surface area (Å²) in [5, 5.41) is 9.40. The van der Waals surface area contributed by atoms with Gasteiger partial charge in [0.05, 0.1) is 31.9 Å². The third kappa shape index (κ3) is 4.51. The zero-order chi connectivity index (χ0) is 23.5. The number of fused-ring (bicyclic) bond motifs is 1. The Labute approximate surface area is 189 Å². The number of anilines is 1. The summed E-state index contributed by atoms with van der Waals surface area (Å²) < 4.78 is 38.7. The van der Waals surface area contributed by atoms with Crippen LogP contribution in [-0.4, -0.2) is 45.6 Å². The summed E-state index contributed by atoms with van der Waals surface area (Å²) in [6, 6.07) is 7.95. The van der Waals surface area contributed by atoms with Crippen LogP contribution in [0.1, 0.15) is 0 Å². The van der Waals surface area contributed by atoms with Crippen molar-refractivity contribution in [2.45, 2.75) is 5.16 Å². The number of aromatic amines is 1. The van der Waals surface area contributed by atoms with Gasteiger partial charge in [-0.2, -0.15) is 5.10 Å². The number of ether oxygens (including phenoxy) is 2. The average Bonchev–Trinajstić information content (AvgIpc) is 3.28. The van der Waals surface area contributed by atoms with E-state index in [1.54, 1.807) is 18.2 Å². The Kier molecular flexibility index (Phi) is 6.27. The molecule has 1 amide bonds. The second kappa shape index (κ2) is 9.28. The number of rotatable bonds is 7. The van der Waals surface area contributed by atoms with E-state index < -0.39 is 17.2 Å². The van der Waals surface area contributed by atoms with E-state index in [-0.39, 0.29) is 33.5 Å². The number of halogens is 2. The van der Waals surface area contributed by atoms with Gasteiger partial charge in [0.2, 0.25) is 5.91 Å². The fourth-order valence-corrected chi connectivity index (χ4v) is 3.87. The van der Waals surface area contributed by atoms with Crippen LogP contribution in [0.25, 0.3) is 16.7 Å². The topological polar surface area (TPSA) is 111 Å². The van der Waals surface area contributed by atoms with E-state index in [0.717, 1.165) is 28.5 Å². The monoisotopic (exact) mass is 473 g/mol. The van der Waals surface area contributed by atoms with Gasteiger partial charge in [0, 0.05) is 17.8 Å². The van der Waals surface area contributed by atoms with Gasteiger partial charge in [0.15, 0.2) is 33.9 Å². The third-order valence-corrected chi connectivity index (χ3v) is 5.55. The van der Waals surface area contributed by atoms with Crippen LogP contribution in [0.5, 0.6) is 11.5 Å². The number of carbonyl (C=O) groups is 1. The van der Waals surface area contributed by atoms with E-state index in [0.29, 0.717) is 17.2 Å². The zero-order valence-electron chi connectivity index (χ0n) is 17.4. The molecule has 2 N–H and O–H groups in total. The van der Waals surface area contributed by atoms with Crippen LogP contribution in [0.3, 0.4) is 0 Å². The molecule has 0 atom stereocenters. The first-order valence-corrected chi connectivity index (χ1v) is 10.5. The van der Waals surface area contributed by atoms with Crippen LogP contribution in [-0.2, 0) is 4.79 Å². The van der Waals surface area contributed by atoms with E-state index in [9.17, 15) is 18.4 Å². The molecule has 0 aliphatic heterocycles. The first-order valence-electron chi connectivity index (χ1n) is 9.47. The lowest BCUT2D eigenvalue weighted by molar-refractivity contribution is -0.113. The molecule has 4 aromatic rings. The van der Waals surface area contributed by atoms with E-state index >= 15 is 0 Å². The fourth-order valence-electron chi connectivity index (χ4n) is 3.06. The van der Waals surface area contributed by atoms with E-state index in [1.807, 2.05) is 0 Å². The molecule has 0 fully saturated rings. The molecule has 2 aromatic heterocycles. The second-order valence-electron chi connectivity index (χ2n) is 6.67. The Balaban J connectivity index is 1.61. The molecule has 0 saturated carbocycles. The smallest absolute Gasteiger partial charge is 0.269 e. The van der Waals surface area contributed by atoms with Crippen molar-refractivity contribution >= 4 is 34.4 Å². The summed E-state index contributed by atoms with van der Waals surface area (Å²) in [5.74, 6) is -1.71. The van der Waals surface area contributed by atoms with Gasteiger partial charge in [-0.25, -0.2) is 13.8 Å². The molecule has 0 spiro atoms. The summed E-state index contributed by atoms with van der Waals surface area (Å²) in [5.41, 5.74) is 0.217. The van der Waals surface area contributed by atoms with Crippen molar-refractivity contribution < 1.29 is 23.0 Å². The summed E-state index contributed by atoms with van der Waals surface area (Å²) in [6.07, 6.45) is 1.29. The summed E-state index contributed by atoms with van der Waals surface area (Å²) in [7, 11) is 2.98. The van der Waals surface area contributed by atoms with E-state index in [2.05, 4.69) is 20.5 Å². The number of aromatic nitrogens is 4. The van der Waals surface area contributed by atoms with Crippen molar-refractivity contribution in [2.24, 2.45) is 0 Å². The molecule has 0 unspecified atom stereocenters. The molecular formula is C21H17F2N5O4S. The van der Waals surface area contributed by atoms with Crippen LogP contribution >= 0.6 is 11.8 Å². The molecule has 2 aromatic carbocycles. The molecular weight excluding hydrogens is 456 g/mol. The van der Waals surface area contributed by atoms with Crippen LogP contribution in [0.4, 0.5) is 14.5 Å². The first-order chi connectivity index (χ1) is 15.9. The maximum atomic E-state index is 13.8. The summed E-state index contributed by atoms with van der Waals surface area (Å²) in [4.78, 5) is 29.8. The van der Waals surface area contributed by atoms with Crippen molar-refractivity contribution in [1.82, 2.24) is 19.7 Å². The Morgan fingerprint density at radius 2 is 1.91 bits per heavy atom. The number of carbonyl (C=O) groups excluding carboxylic acids is 1. The number of hydrogen-bond donors (Lipinski definition) is 2. The molecule has 12 heteroatoms. The van der Waals surface area contributed by atoms with Crippen LogP contribution < -0.4 is 20.3 Å². The summed E-state index contributed by atoms with van der Waals surface area (Å²) in [6.45, 7) is 0. The molecule has 4 rings (SSSR count). The van der Waals surface area contributed by atoms with Crippen molar-refractivity contribution in [1.29, 1.82) is 0 Å². The average molecular weight is 473 g/mol. The number of H-pyrrole nitrogens is 1. The Hall–Kier alpha value is -3.93. The SMILES string of the molecule is COc1ccc(NC(=O)CSc2nc3[nH]ncc3c(=O)n2-c2ccc(F)c(F)c2)cc1OC. The van der Waals surface area contributed by atoms with Crippen LogP contribution in [0.15, 0.2) is 52.5 Å². The Bertz CT molecular complexity index is 1410. The van der Waals surface area contributed by atoms with Gasteiger partial charge in [-0.3, -0.25) is 19.3 Å². The van der Waals surface area contributed by atoms with Gasteiger partial charge in [-0.1, -0.05) is 11.8 Å². The molecule has 33 heavy (non-hydrogen) atoms. The molecule has 9 nitrogen and oxygen atoms in total. The van der Waals surface area contributed by atoms with E-state index in [4.69, 9.17) is 9.47 Å². The molecule has 170 valence electrons. The highest BCUT2D eigenvalue weighted by Gasteiger charge is 2.17. The van der Waals surface area contributed by atoms with Crippen molar-refractivity contribution in [3.05, 3.63) is 64.6 Å². The highest BCUT2D eigenvalue weighted by molar-refractivity contribution is 7.99. The van der Waals surface area contributed by atoms with Gasteiger partial charge in [-0.15, -0.1) is 0 Å². The van der Waals surface area contributed by atoms with Crippen LogP contribution in [0.2, 0.25) is 0 Å². The summed E-state index contributed by atoms with van der Waals surface area (Å²) >= 11 is 0.949. The maximum absolute atomic E-state index is 13.8. The van der Waals surface area contributed by atoms with Crippen LogP contribution in [0, 0.1) is 11.6 Å². The zero-order valence-corrected chi connectivity index (χ0v) is 18.2. The van der Waals surface area contributed by atoms with Crippen molar-refractivity contribution in [3.63, 3.8) is 0 Å². The number of nitrogens with one attached hydrogen (secondary N) is 2. The molecule has 0 saturated heterocycles. The van der Waals surface area contributed by atoms with Crippen molar-refractivity contribution in [3.8, 4) is 17.2 Å². The standard InChI is InChI=1S/C21H17F2N5O4S/c1-31-16-6-3-11(7-17(16)32-2)25-18(29)10-33-21-26-19-13(9-24-27-19)20(30)28(21)12-4-5-14(22)15(23)8-12/h3-9H,10H2,1-2H3,(H,24,27)(H,25,29). The third-order valence-electron chi connectivity index (χ3n) is 4.61. The largest absolute Gasteiger partial charge is 0.493 e. The Morgan fingerprint density at radius 1 is 1.12 bits per heavy atom. The minimum absolute atomic E-state index is 0.0669. The normalized spacial score (nSPS) is 10.9. The molecule has 0 radical (unpaired) electrons. The number of hydrogen-bond acceptors (Lipinski definition) is 7. The number of methoxy groups -OCH3 is 2. The molecule has 2 heterocycles. The Morgan fingerprint density at radius 3 is 2.64 bits per heavy atom. The first kappa shape index (κ1) is 22.3. The molecule has 0 aliphatic carbocycles. The predicted molar refractivity (Wildman–Crippen MR) is 118 cm³/mol. The number of nitrogens with zero attached hydrogens (tertiary/aromatic N) is 3. The minimum atomic E-state index is -1.12. The lowest BCUT2D eigenvalue weighted by atomic mass is 10.2. The van der Waals surface area contributed by atoms with Gasteiger partial charge in [0.1, 0.15) is 5.39 Å². The lowest BCUT2D eigenvalue weighted by Crippen LogP contribution is -2.22. The molecule has 0 aliphatic rings. The van der Waals surface area contributed by atoms with Crippen molar-refractivity contribution in [2.75, 3.05) is 25.3 Å². The quantitative estimate of drug-likeness (QED) is 0.313. The second-order valence-corrected chi connectivity index (χ2v) is 7.61. The highest BCUT2D eigenvalue weighted by atomic mass is 32.2. The fraction of sp³-hybridized carbons (Fsp3) is 0.143. The number of thioether (sulfide) groups is 1. The highest BCUT2D eigenvalue weighted by Crippen LogP contribution is 2.30. The number of amides is 1. The van der Waals surface area contributed by atoms with Gasteiger partial charge < -0.3 is 14.8 Å². The number of benzene rings is 2. The van der Waals surface area contributed by atoms with Gasteiger partial charge in [-0.05, 0) is 24.3 Å². The minimum Gasteiger partial charge on any atom is -0.493 e. The van der Waals surface area contributed by atoms with Gasteiger partial charge >= 0.3 is 0 Å². The molecule has 0 bridgehead atoms. The maximum Gasteiger partial charge on any atom is 0.269 e. The lowest BCUT2D eigenvalue weighted by Gasteiger charge is -2.13. The van der Waals surface area contributed by atoms with E-state index in [1.165, 1.54) is 26.5 Å². The van der Waals surface area contributed by atoms with Gasteiger partial charge in [0.25, 0.3) is 5.56 Å². The predicted octanol–water partition coefficient (Wildman–Crippen LogP) is 3.14.